The quantitative estimate of drug-likeness (QED) is 0.798. The molecule has 0 radical (unpaired) electrons. The van der Waals surface area contributed by atoms with Crippen molar-refractivity contribution in [2.24, 2.45) is 5.73 Å². The van der Waals surface area contributed by atoms with Gasteiger partial charge >= 0.3 is 0 Å². The van der Waals surface area contributed by atoms with Crippen LogP contribution in [-0.2, 0) is 6.54 Å². The molecular weight excluding hydrogens is 186 g/mol. The highest BCUT2D eigenvalue weighted by Crippen LogP contribution is 2.31. The number of anilines is 1. The number of nitrogens with zero attached hydrogens (tertiary/aromatic N) is 2. The second-order valence-electron chi connectivity index (χ2n) is 4.14. The summed E-state index contributed by atoms with van der Waals surface area (Å²) in [4.78, 5) is 6.81. The molecule has 1 aromatic rings. The number of aromatic nitrogens is 1. The highest BCUT2D eigenvalue weighted by molar-refractivity contribution is 5.47. The lowest BCUT2D eigenvalue weighted by Crippen LogP contribution is -2.26. The van der Waals surface area contributed by atoms with Crippen LogP contribution < -0.4 is 10.6 Å². The van der Waals surface area contributed by atoms with Crippen LogP contribution in [0.1, 0.15) is 31.9 Å². The topological polar surface area (TPSA) is 42.1 Å². The van der Waals surface area contributed by atoms with E-state index in [4.69, 9.17) is 5.73 Å². The third kappa shape index (κ3) is 2.48. The molecule has 15 heavy (non-hydrogen) atoms. The summed E-state index contributed by atoms with van der Waals surface area (Å²) >= 11 is 0. The Bertz CT molecular complexity index is 303. The Morgan fingerprint density at radius 1 is 1.47 bits per heavy atom. The van der Waals surface area contributed by atoms with E-state index in [1.165, 1.54) is 24.9 Å². The third-order valence-electron chi connectivity index (χ3n) is 2.80. The Labute approximate surface area is 91.3 Å². The fourth-order valence-electron chi connectivity index (χ4n) is 1.86. The molecule has 0 amide bonds. The van der Waals surface area contributed by atoms with E-state index >= 15 is 0 Å². The van der Waals surface area contributed by atoms with Gasteiger partial charge in [-0.3, -0.25) is 4.98 Å². The van der Waals surface area contributed by atoms with Crippen molar-refractivity contribution < 1.29 is 0 Å². The number of hydrogen-bond acceptors (Lipinski definition) is 3. The first-order valence-electron chi connectivity index (χ1n) is 5.76. The molecule has 0 bridgehead atoms. The monoisotopic (exact) mass is 205 g/mol. The molecule has 3 heteroatoms. The van der Waals surface area contributed by atoms with Crippen LogP contribution in [-0.4, -0.2) is 17.6 Å². The fourth-order valence-corrected chi connectivity index (χ4v) is 1.86. The highest BCUT2D eigenvalue weighted by Gasteiger charge is 2.28. The van der Waals surface area contributed by atoms with Crippen molar-refractivity contribution in [2.75, 3.05) is 11.4 Å². The molecule has 0 aliphatic heterocycles. The van der Waals surface area contributed by atoms with Crippen LogP contribution in [0.4, 0.5) is 5.69 Å². The van der Waals surface area contributed by atoms with Crippen LogP contribution in [0.15, 0.2) is 18.3 Å². The summed E-state index contributed by atoms with van der Waals surface area (Å²) in [5, 5.41) is 0. The molecule has 1 fully saturated rings. The van der Waals surface area contributed by atoms with Gasteiger partial charge in [0.1, 0.15) is 0 Å². The first kappa shape index (κ1) is 10.4. The highest BCUT2D eigenvalue weighted by atomic mass is 15.2. The van der Waals surface area contributed by atoms with Gasteiger partial charge in [0, 0.05) is 19.1 Å². The molecule has 0 aromatic carbocycles. The van der Waals surface area contributed by atoms with E-state index in [9.17, 15) is 0 Å². The molecule has 1 heterocycles. The zero-order chi connectivity index (χ0) is 10.7. The number of nitrogens with two attached hydrogens (primary N) is 1. The molecular formula is C12H19N3. The van der Waals surface area contributed by atoms with Crippen molar-refractivity contribution in [3.05, 3.63) is 24.0 Å². The molecule has 0 saturated heterocycles. The van der Waals surface area contributed by atoms with Crippen molar-refractivity contribution >= 4 is 5.69 Å². The normalized spacial score (nSPS) is 15.3. The molecule has 1 aliphatic carbocycles. The minimum Gasteiger partial charge on any atom is -0.367 e. The molecule has 0 atom stereocenters. The van der Waals surface area contributed by atoms with Crippen LogP contribution in [0.2, 0.25) is 0 Å². The first-order valence-corrected chi connectivity index (χ1v) is 5.76. The standard InChI is InChI=1S/C12H19N3/c1-2-7-15(11-5-6-11)12-4-3-10(8-13)14-9-12/h3-4,9,11H,2,5-8,13H2,1H3. The van der Waals surface area contributed by atoms with Crippen molar-refractivity contribution in [3.63, 3.8) is 0 Å². The SMILES string of the molecule is CCCN(c1ccc(CN)nc1)C1CC1. The molecule has 1 aromatic heterocycles. The lowest BCUT2D eigenvalue weighted by molar-refractivity contribution is 0.760. The molecule has 2 N–H and O–H groups in total. The second-order valence-corrected chi connectivity index (χ2v) is 4.14. The van der Waals surface area contributed by atoms with Gasteiger partial charge < -0.3 is 10.6 Å². The van der Waals surface area contributed by atoms with E-state index in [0.29, 0.717) is 6.54 Å². The minimum absolute atomic E-state index is 0.525. The predicted molar refractivity (Wildman–Crippen MR) is 62.8 cm³/mol. The largest absolute Gasteiger partial charge is 0.367 e. The maximum atomic E-state index is 5.53. The van der Waals surface area contributed by atoms with Gasteiger partial charge in [0.15, 0.2) is 0 Å². The van der Waals surface area contributed by atoms with Gasteiger partial charge in [0.25, 0.3) is 0 Å². The minimum atomic E-state index is 0.525. The van der Waals surface area contributed by atoms with Crippen LogP contribution in [0.25, 0.3) is 0 Å². The summed E-state index contributed by atoms with van der Waals surface area (Å²) < 4.78 is 0. The van der Waals surface area contributed by atoms with E-state index < -0.39 is 0 Å². The summed E-state index contributed by atoms with van der Waals surface area (Å²) in [7, 11) is 0. The molecule has 0 spiro atoms. The van der Waals surface area contributed by atoms with Crippen molar-refractivity contribution in [1.29, 1.82) is 0 Å². The lowest BCUT2D eigenvalue weighted by Gasteiger charge is -2.23. The smallest absolute Gasteiger partial charge is 0.0555 e. The fraction of sp³-hybridized carbons (Fsp3) is 0.583. The van der Waals surface area contributed by atoms with Crippen molar-refractivity contribution in [3.8, 4) is 0 Å². The van der Waals surface area contributed by atoms with Crippen LogP contribution >= 0.6 is 0 Å². The molecule has 82 valence electrons. The Hall–Kier alpha value is -1.09. The maximum Gasteiger partial charge on any atom is 0.0555 e. The van der Waals surface area contributed by atoms with Crippen LogP contribution in [0, 0.1) is 0 Å². The van der Waals surface area contributed by atoms with E-state index in [0.717, 1.165) is 18.3 Å². The summed E-state index contributed by atoms with van der Waals surface area (Å²) in [6, 6.07) is 4.93. The van der Waals surface area contributed by atoms with Gasteiger partial charge in [-0.05, 0) is 31.4 Å². The average molecular weight is 205 g/mol. The molecule has 2 rings (SSSR count). The predicted octanol–water partition coefficient (Wildman–Crippen LogP) is 1.92. The summed E-state index contributed by atoms with van der Waals surface area (Å²) in [5.74, 6) is 0. The molecule has 3 nitrogen and oxygen atoms in total. The van der Waals surface area contributed by atoms with E-state index in [2.05, 4.69) is 22.9 Å². The van der Waals surface area contributed by atoms with Crippen molar-refractivity contribution in [1.82, 2.24) is 4.98 Å². The van der Waals surface area contributed by atoms with Gasteiger partial charge in [-0.15, -0.1) is 0 Å². The van der Waals surface area contributed by atoms with Crippen molar-refractivity contribution in [2.45, 2.75) is 38.8 Å². The second kappa shape index (κ2) is 4.62. The van der Waals surface area contributed by atoms with Gasteiger partial charge in [-0.25, -0.2) is 0 Å². The summed E-state index contributed by atoms with van der Waals surface area (Å²) in [6.07, 6.45) is 5.81. The zero-order valence-corrected chi connectivity index (χ0v) is 9.32. The third-order valence-corrected chi connectivity index (χ3v) is 2.80. The van der Waals surface area contributed by atoms with Crippen LogP contribution in [0.3, 0.4) is 0 Å². The Morgan fingerprint density at radius 2 is 2.27 bits per heavy atom. The Kier molecular flexibility index (Phi) is 3.21. The van der Waals surface area contributed by atoms with E-state index in [1.807, 2.05) is 12.3 Å². The molecule has 0 unspecified atom stereocenters. The Balaban J connectivity index is 2.10. The van der Waals surface area contributed by atoms with Gasteiger partial charge in [-0.2, -0.15) is 0 Å². The number of rotatable bonds is 5. The number of pyridine rings is 1. The lowest BCUT2D eigenvalue weighted by atomic mass is 10.3. The summed E-state index contributed by atoms with van der Waals surface area (Å²) in [5.41, 5.74) is 7.74. The maximum absolute atomic E-state index is 5.53. The number of hydrogen-bond donors (Lipinski definition) is 1. The van der Waals surface area contributed by atoms with Gasteiger partial charge in [0.2, 0.25) is 0 Å². The first-order chi connectivity index (χ1) is 7.35. The molecule has 1 aliphatic rings. The van der Waals surface area contributed by atoms with Crippen LogP contribution in [0.5, 0.6) is 0 Å². The van der Waals surface area contributed by atoms with Gasteiger partial charge in [0.05, 0.1) is 17.6 Å². The van der Waals surface area contributed by atoms with E-state index in [-0.39, 0.29) is 0 Å². The van der Waals surface area contributed by atoms with Gasteiger partial charge in [-0.1, -0.05) is 6.92 Å². The summed E-state index contributed by atoms with van der Waals surface area (Å²) in [6.45, 7) is 3.88. The van der Waals surface area contributed by atoms with E-state index in [1.54, 1.807) is 0 Å². The zero-order valence-electron chi connectivity index (χ0n) is 9.32. The molecule has 1 saturated carbocycles. The average Bonchev–Trinajstić information content (AvgIpc) is 3.10. The Morgan fingerprint density at radius 3 is 2.73 bits per heavy atom.